The van der Waals surface area contributed by atoms with Crippen LogP contribution in [-0.4, -0.2) is 251 Å². The van der Waals surface area contributed by atoms with Crippen molar-refractivity contribution in [2.45, 2.75) is 224 Å². The highest BCUT2D eigenvalue weighted by molar-refractivity contribution is 6.02. The molecule has 1 saturated heterocycles. The zero-order chi connectivity index (χ0) is 90.1. The number of nitrogens with one attached hydrogen (secondary N) is 17. The topological polar surface area (TPSA) is 604 Å². The van der Waals surface area contributed by atoms with Gasteiger partial charge in [0.15, 0.2) is 0 Å². The molecule has 0 bridgehead atoms. The Hall–Kier alpha value is -12.6. The fourth-order valence-electron chi connectivity index (χ4n) is 14.5. The minimum atomic E-state index is -1.94. The number of para-hydroxylation sites is 3. The number of carbonyl (C=O) groups excluding carboxylic acids is 15. The average Bonchev–Trinajstić information content (AvgIpc) is 1.73. The van der Waals surface area contributed by atoms with Gasteiger partial charge in [-0.05, 0) is 112 Å². The van der Waals surface area contributed by atoms with Crippen LogP contribution >= 0.6 is 0 Å². The summed E-state index contributed by atoms with van der Waals surface area (Å²) in [6.07, 6.45) is 3.67. The molecule has 24 N–H and O–H groups in total. The molecule has 1 aliphatic heterocycles. The number of aliphatic hydroxyl groups is 3. The number of nitrogens with two attached hydrogens (primary N) is 2. The molecule has 123 heavy (non-hydrogen) atoms. The molecule has 0 radical (unpaired) electrons. The quantitative estimate of drug-likeness (QED) is 0.0193. The van der Waals surface area contributed by atoms with Crippen molar-refractivity contribution in [2.24, 2.45) is 29.2 Å². The molecular weight excluding hydrogens is 1590 g/mol. The van der Waals surface area contributed by atoms with Gasteiger partial charge in [0.2, 0.25) is 88.6 Å². The lowest BCUT2D eigenvalue weighted by molar-refractivity contribution is -0.140. The van der Waals surface area contributed by atoms with Gasteiger partial charge in [-0.25, -0.2) is 4.98 Å². The van der Waals surface area contributed by atoms with E-state index in [-0.39, 0.29) is 82.3 Å². The molecule has 39 nitrogen and oxygen atoms in total. The summed E-state index contributed by atoms with van der Waals surface area (Å²) in [6, 6.07) is 2.85. The van der Waals surface area contributed by atoms with Crippen LogP contribution in [0.5, 0.6) is 0 Å². The number of aromatic nitrogens is 5. The lowest BCUT2D eigenvalue weighted by atomic mass is 9.98. The van der Waals surface area contributed by atoms with Crippen LogP contribution in [0.4, 0.5) is 0 Å². The molecule has 8 rings (SSSR count). The first-order chi connectivity index (χ1) is 58.4. The van der Waals surface area contributed by atoms with Crippen LogP contribution in [0.2, 0.25) is 0 Å². The lowest BCUT2D eigenvalue weighted by Crippen LogP contribution is -2.63. The molecule has 0 spiro atoms. The molecule has 4 aromatic heterocycles. The summed E-state index contributed by atoms with van der Waals surface area (Å²) >= 11 is 0. The van der Waals surface area contributed by atoms with Crippen LogP contribution in [0.25, 0.3) is 32.7 Å². The summed E-state index contributed by atoms with van der Waals surface area (Å²) in [6.45, 7) is 14.4. The largest absolute Gasteiger partial charge is 0.394 e. The van der Waals surface area contributed by atoms with Crippen molar-refractivity contribution in [3.05, 3.63) is 126 Å². The van der Waals surface area contributed by atoms with Gasteiger partial charge in [0, 0.05) is 95.8 Å². The number of carbonyl (C=O) groups is 15. The van der Waals surface area contributed by atoms with E-state index < -0.39 is 199 Å². The first kappa shape index (κ1) is 95.8. The number of rotatable bonds is 46. The van der Waals surface area contributed by atoms with Crippen LogP contribution < -0.4 is 80.6 Å². The molecular formula is C84H117N21O18. The normalized spacial score (nSPS) is 16.2. The number of hydrogen-bond donors (Lipinski definition) is 22. The van der Waals surface area contributed by atoms with Crippen molar-refractivity contribution < 1.29 is 87.2 Å². The standard InChI is InChI=1S/C84H117N21O18/c1-42(2)26-59(74(113)91-39-70(111)105-25-17-24-67(105)82(121)101-65(32-52-38-87-41-92-52)75(114)93-45(7)40-106)97-76(115)60(27-43(3)4)98-79(118)64(31-51-37-90-58-23-16-13-20-55(51)58)99-78(117)63(30-50-36-89-57-22-15-12-19-54(50)57)96-73(112)46(8)94-83(122)71(47(9)107)103-81(120)66(33-68(86)109)100-77(116)61(28-44(5)6)102-84(123)72(48(10)108)104-80(119)62(95-69(110)34-85)29-49-35-88-56-21-14-11-18-53(49)56/h11-16,18-23,35-38,41-48,59-67,71-72,88-90,106-108H,17,24-34,39-40,85H2,1-10H3,(H2,86,109)(H,87,92)(H,91,113)(H,93,114)(H,94,122)(H,95,110)(H,96,112)(H,97,115)(H,98,118)(H,99,117)(H,100,116)(H,101,121)(H,102,123)(H,103,120)(H,104,119)/t45-,46-,47-,48+,59-,60-,61-,62-,63+,64+,65-,66-,67-,71+,72-/m0/s1. The molecule has 1 fully saturated rings. The van der Waals surface area contributed by atoms with Gasteiger partial charge in [-0.3, -0.25) is 71.9 Å². The number of aliphatic hydroxyl groups excluding tert-OH is 3. The van der Waals surface area contributed by atoms with E-state index in [0.717, 1.165) is 17.8 Å². The molecule has 15 amide bonds. The van der Waals surface area contributed by atoms with Gasteiger partial charge >= 0.3 is 0 Å². The highest BCUT2D eigenvalue weighted by atomic mass is 16.3. The first-order valence-corrected chi connectivity index (χ1v) is 41.2. The summed E-state index contributed by atoms with van der Waals surface area (Å²) in [7, 11) is 0. The fourth-order valence-corrected chi connectivity index (χ4v) is 14.5. The summed E-state index contributed by atoms with van der Waals surface area (Å²) < 4.78 is 0. The summed E-state index contributed by atoms with van der Waals surface area (Å²) in [5, 5.41) is 67.5. The number of H-pyrrole nitrogens is 4. The Labute approximate surface area is 710 Å². The van der Waals surface area contributed by atoms with Gasteiger partial charge in [0.05, 0.1) is 50.3 Å². The zero-order valence-electron chi connectivity index (χ0n) is 70.6. The van der Waals surface area contributed by atoms with Crippen LogP contribution in [-0.2, 0) is 97.6 Å². The molecule has 0 unspecified atom stereocenters. The van der Waals surface area contributed by atoms with Gasteiger partial charge in [-0.2, -0.15) is 0 Å². The third-order valence-corrected chi connectivity index (χ3v) is 20.9. The first-order valence-electron chi connectivity index (χ1n) is 41.2. The molecule has 0 saturated carbocycles. The molecule has 666 valence electrons. The van der Waals surface area contributed by atoms with Crippen LogP contribution in [0.15, 0.2) is 104 Å². The maximum Gasteiger partial charge on any atom is 0.245 e. The molecule has 1 aliphatic rings. The number of hydrogen-bond acceptors (Lipinski definition) is 20. The second-order valence-electron chi connectivity index (χ2n) is 32.5. The maximum atomic E-state index is 15.3. The van der Waals surface area contributed by atoms with Gasteiger partial charge in [-0.15, -0.1) is 0 Å². The monoisotopic (exact) mass is 1710 g/mol. The zero-order valence-corrected chi connectivity index (χ0v) is 70.6. The van der Waals surface area contributed by atoms with Crippen molar-refractivity contribution in [3.8, 4) is 0 Å². The highest BCUT2D eigenvalue weighted by Crippen LogP contribution is 2.25. The highest BCUT2D eigenvalue weighted by Gasteiger charge is 2.41. The van der Waals surface area contributed by atoms with Crippen molar-refractivity contribution in [2.75, 3.05) is 26.2 Å². The van der Waals surface area contributed by atoms with E-state index >= 15 is 9.59 Å². The van der Waals surface area contributed by atoms with E-state index in [9.17, 15) is 77.6 Å². The molecule has 7 aromatic rings. The Morgan fingerprint density at radius 1 is 0.455 bits per heavy atom. The molecule has 0 aliphatic carbocycles. The average molecular weight is 1710 g/mol. The van der Waals surface area contributed by atoms with E-state index in [0.29, 0.717) is 50.6 Å². The molecule has 15 atom stereocenters. The number of primary amides is 1. The van der Waals surface area contributed by atoms with Crippen LogP contribution in [0, 0.1) is 17.8 Å². The van der Waals surface area contributed by atoms with Gasteiger partial charge in [0.25, 0.3) is 0 Å². The number of fused-ring (bicyclic) bond motifs is 3. The third-order valence-electron chi connectivity index (χ3n) is 20.9. The Bertz CT molecular complexity index is 4860. The van der Waals surface area contributed by atoms with Gasteiger partial charge < -0.3 is 121 Å². The minimum Gasteiger partial charge on any atom is -0.394 e. The number of nitrogens with zero attached hydrogens (tertiary/aromatic N) is 2. The number of benzene rings is 3. The van der Waals surface area contributed by atoms with Crippen molar-refractivity contribution in [1.29, 1.82) is 0 Å². The summed E-state index contributed by atoms with van der Waals surface area (Å²) in [5.74, 6) is -14.4. The van der Waals surface area contributed by atoms with Crippen molar-refractivity contribution in [3.63, 3.8) is 0 Å². The smallest absolute Gasteiger partial charge is 0.245 e. The summed E-state index contributed by atoms with van der Waals surface area (Å²) in [4.78, 5) is 230. The SMILES string of the molecule is CC(C)C[C@H](NC(=O)[C@H](CC(C)C)NC(=O)[C@@H](Cc1c[nH]c2ccccc12)NC(=O)[C@@H](Cc1c[nH]c2ccccc12)NC(=O)[C@H](C)NC(=O)[C@H](NC(=O)[C@H](CC(N)=O)NC(=O)[C@H](CC(C)C)NC(=O)[C@@H](NC(=O)[C@H](Cc1c[nH]c2ccccc12)NC(=O)CN)[C@@H](C)O)[C@H](C)O)C(=O)NCC(=O)N1CCC[C@H]1C(=O)N[C@@H](Cc1c[nH]cn1)C(=O)N[C@@H](C)CO. The van der Waals surface area contributed by atoms with E-state index in [4.69, 9.17) is 11.5 Å². The third kappa shape index (κ3) is 27.7. The predicted molar refractivity (Wildman–Crippen MR) is 452 cm³/mol. The fraction of sp³-hybridized carbons (Fsp3) is 0.500. The number of aromatic amines is 4. The van der Waals surface area contributed by atoms with Gasteiger partial charge in [0.1, 0.15) is 72.5 Å². The minimum absolute atomic E-state index is 0.00476. The van der Waals surface area contributed by atoms with Crippen LogP contribution in [0.3, 0.4) is 0 Å². The molecule has 39 heteroatoms. The molecule has 5 heterocycles. The molecule has 3 aromatic carbocycles. The van der Waals surface area contributed by atoms with E-state index in [1.54, 1.807) is 132 Å². The maximum absolute atomic E-state index is 15.3. The van der Waals surface area contributed by atoms with E-state index in [1.807, 2.05) is 13.8 Å². The Balaban J connectivity index is 0.961. The Kier molecular flexibility index (Phi) is 35.3. The number of amides is 15. The second kappa shape index (κ2) is 45.3. The summed E-state index contributed by atoms with van der Waals surface area (Å²) in [5.41, 5.74) is 15.4. The Morgan fingerprint density at radius 3 is 1.28 bits per heavy atom. The second-order valence-corrected chi connectivity index (χ2v) is 32.5. The van der Waals surface area contributed by atoms with E-state index in [1.165, 1.54) is 25.1 Å². The number of likely N-dealkylation sites (tertiary alicyclic amines) is 1. The predicted octanol–water partition coefficient (Wildman–Crippen LogP) is -2.18. The van der Waals surface area contributed by atoms with Crippen molar-refractivity contribution >= 4 is 121 Å². The van der Waals surface area contributed by atoms with Gasteiger partial charge in [-0.1, -0.05) is 96.1 Å². The van der Waals surface area contributed by atoms with Crippen molar-refractivity contribution in [1.82, 2.24) is 98.9 Å². The van der Waals surface area contributed by atoms with Crippen LogP contribution in [0.1, 0.15) is 130 Å². The Morgan fingerprint density at radius 2 is 0.846 bits per heavy atom. The number of imidazole rings is 1. The van der Waals surface area contributed by atoms with E-state index in [2.05, 4.69) is 94.0 Å². The lowest BCUT2D eigenvalue weighted by Gasteiger charge is -2.29.